The minimum Gasteiger partial charge on any atom is -0.461 e. The van der Waals surface area contributed by atoms with E-state index in [4.69, 9.17) is 4.74 Å². The first-order chi connectivity index (χ1) is 13.5. The Kier molecular flexibility index (Phi) is 4.95. The SMILES string of the molecule is CC(=O)OCc1c(N2CCc3c(cc4n3CCCC4)C2=O)ccnc1B(O)O. The fraction of sp³-hybridized carbons (Fsp3) is 0.421. The summed E-state index contributed by atoms with van der Waals surface area (Å²) >= 11 is 0. The van der Waals surface area contributed by atoms with Crippen LogP contribution in [0.4, 0.5) is 5.69 Å². The van der Waals surface area contributed by atoms with E-state index in [0.29, 0.717) is 29.8 Å². The van der Waals surface area contributed by atoms with Crippen LogP contribution in [0.15, 0.2) is 18.3 Å². The second kappa shape index (κ2) is 7.41. The molecule has 0 bridgehead atoms. The average Bonchev–Trinajstić information content (AvgIpc) is 3.06. The van der Waals surface area contributed by atoms with Gasteiger partial charge in [0.1, 0.15) is 6.61 Å². The molecule has 4 heterocycles. The van der Waals surface area contributed by atoms with Gasteiger partial charge in [0.2, 0.25) is 0 Å². The molecule has 0 atom stereocenters. The predicted molar refractivity (Wildman–Crippen MR) is 102 cm³/mol. The first-order valence-electron chi connectivity index (χ1n) is 9.47. The number of amides is 1. The Morgan fingerprint density at radius 2 is 2.11 bits per heavy atom. The van der Waals surface area contributed by atoms with Crippen LogP contribution in [0.2, 0.25) is 0 Å². The normalized spacial score (nSPS) is 15.8. The third-order valence-electron chi connectivity index (χ3n) is 5.43. The second-order valence-corrected chi connectivity index (χ2v) is 7.16. The summed E-state index contributed by atoms with van der Waals surface area (Å²) in [6.07, 6.45) is 5.38. The van der Waals surface area contributed by atoms with Crippen molar-refractivity contribution in [3.63, 3.8) is 0 Å². The first-order valence-corrected chi connectivity index (χ1v) is 9.47. The van der Waals surface area contributed by atoms with Crippen molar-refractivity contribution in [2.24, 2.45) is 0 Å². The summed E-state index contributed by atoms with van der Waals surface area (Å²) in [5.41, 5.74) is 3.77. The van der Waals surface area contributed by atoms with Gasteiger partial charge in [0, 0.05) is 49.6 Å². The molecule has 146 valence electrons. The van der Waals surface area contributed by atoms with E-state index in [1.54, 1.807) is 11.0 Å². The highest BCUT2D eigenvalue weighted by Gasteiger charge is 2.33. The molecule has 2 aliphatic rings. The molecule has 2 aromatic heterocycles. The van der Waals surface area contributed by atoms with Crippen LogP contribution in [0, 0.1) is 0 Å². The Hall–Kier alpha value is -2.65. The molecule has 2 aromatic rings. The molecule has 2 N–H and O–H groups in total. The van der Waals surface area contributed by atoms with Crippen molar-refractivity contribution in [3.8, 4) is 0 Å². The molecule has 0 radical (unpaired) electrons. The average molecular weight is 383 g/mol. The molecular formula is C19H22BN3O5. The van der Waals surface area contributed by atoms with Crippen LogP contribution in [-0.2, 0) is 35.5 Å². The number of hydrogen-bond donors (Lipinski definition) is 2. The van der Waals surface area contributed by atoms with Crippen LogP contribution in [0.3, 0.4) is 0 Å². The van der Waals surface area contributed by atoms with Gasteiger partial charge < -0.3 is 24.3 Å². The molecule has 2 aliphatic heterocycles. The topological polar surface area (TPSA) is 105 Å². The molecular weight excluding hydrogens is 361 g/mol. The van der Waals surface area contributed by atoms with Crippen LogP contribution in [0.1, 0.15) is 47.1 Å². The Morgan fingerprint density at radius 3 is 2.86 bits per heavy atom. The number of pyridine rings is 1. The fourth-order valence-electron chi connectivity index (χ4n) is 4.15. The number of aryl methyl sites for hydroxylation is 1. The van der Waals surface area contributed by atoms with Crippen LogP contribution in [0.5, 0.6) is 0 Å². The monoisotopic (exact) mass is 383 g/mol. The first kappa shape index (κ1) is 18.7. The summed E-state index contributed by atoms with van der Waals surface area (Å²) in [6, 6.07) is 3.63. The van der Waals surface area contributed by atoms with Gasteiger partial charge in [0.15, 0.2) is 0 Å². The summed E-state index contributed by atoms with van der Waals surface area (Å²) in [4.78, 5) is 30.2. The molecule has 28 heavy (non-hydrogen) atoms. The number of fused-ring (bicyclic) bond motifs is 3. The maximum Gasteiger partial charge on any atom is 0.508 e. The highest BCUT2D eigenvalue weighted by Crippen LogP contribution is 2.31. The highest BCUT2D eigenvalue weighted by atomic mass is 16.5. The Morgan fingerprint density at radius 1 is 1.29 bits per heavy atom. The molecule has 9 heteroatoms. The van der Waals surface area contributed by atoms with Crippen molar-refractivity contribution in [3.05, 3.63) is 40.8 Å². The van der Waals surface area contributed by atoms with Crippen molar-refractivity contribution >= 4 is 30.3 Å². The molecule has 0 aliphatic carbocycles. The van der Waals surface area contributed by atoms with Gasteiger partial charge in [-0.25, -0.2) is 0 Å². The quantitative estimate of drug-likeness (QED) is 0.576. The van der Waals surface area contributed by atoms with Crippen LogP contribution in [0.25, 0.3) is 0 Å². The zero-order valence-corrected chi connectivity index (χ0v) is 15.7. The molecule has 4 rings (SSSR count). The summed E-state index contributed by atoms with van der Waals surface area (Å²) in [5.74, 6) is -0.627. The summed E-state index contributed by atoms with van der Waals surface area (Å²) in [7, 11) is -1.83. The molecule has 0 unspecified atom stereocenters. The van der Waals surface area contributed by atoms with E-state index in [1.165, 1.54) is 18.8 Å². The highest BCUT2D eigenvalue weighted by molar-refractivity contribution is 6.58. The van der Waals surface area contributed by atoms with Crippen molar-refractivity contribution < 1.29 is 24.4 Å². The standard InChI is InChI=1S/C19H22BN3O5/c1-12(24)28-11-15-16(5-7-21-18(15)20(26)27)23-9-6-17-14(19(23)25)10-13-4-2-3-8-22(13)17/h5,7,10,26-27H,2-4,6,8-9,11H2,1H3. The molecule has 0 saturated carbocycles. The van der Waals surface area contributed by atoms with Gasteiger partial charge in [-0.2, -0.15) is 0 Å². The Balaban J connectivity index is 1.73. The molecule has 0 fully saturated rings. The zero-order valence-electron chi connectivity index (χ0n) is 15.7. The largest absolute Gasteiger partial charge is 0.508 e. The third-order valence-corrected chi connectivity index (χ3v) is 5.43. The maximum absolute atomic E-state index is 13.3. The van der Waals surface area contributed by atoms with E-state index in [9.17, 15) is 19.6 Å². The molecule has 8 nitrogen and oxygen atoms in total. The van der Waals surface area contributed by atoms with Gasteiger partial charge in [-0.3, -0.25) is 14.6 Å². The minimum atomic E-state index is -1.83. The van der Waals surface area contributed by atoms with E-state index in [-0.39, 0.29) is 18.1 Å². The predicted octanol–water partition coefficient (Wildman–Crippen LogP) is 0.165. The van der Waals surface area contributed by atoms with Gasteiger partial charge in [-0.15, -0.1) is 0 Å². The zero-order chi connectivity index (χ0) is 19.8. The number of ether oxygens (including phenoxy) is 1. The van der Waals surface area contributed by atoms with E-state index in [2.05, 4.69) is 9.55 Å². The van der Waals surface area contributed by atoms with Crippen LogP contribution >= 0.6 is 0 Å². The minimum absolute atomic E-state index is 0.0199. The fourth-order valence-corrected chi connectivity index (χ4v) is 4.15. The molecule has 0 saturated heterocycles. The van der Waals surface area contributed by atoms with Crippen molar-refractivity contribution in [2.75, 3.05) is 11.4 Å². The van der Waals surface area contributed by atoms with E-state index < -0.39 is 13.1 Å². The number of anilines is 1. The molecule has 0 aromatic carbocycles. The number of hydrogen-bond acceptors (Lipinski definition) is 6. The number of aromatic nitrogens is 2. The van der Waals surface area contributed by atoms with Gasteiger partial charge in [-0.05, 0) is 31.4 Å². The van der Waals surface area contributed by atoms with Gasteiger partial charge in [0.25, 0.3) is 5.91 Å². The summed E-state index contributed by atoms with van der Waals surface area (Å²) in [5, 5.41) is 19.3. The van der Waals surface area contributed by atoms with Crippen LogP contribution < -0.4 is 10.5 Å². The number of rotatable bonds is 4. The Labute approximate surface area is 162 Å². The maximum atomic E-state index is 13.3. The van der Waals surface area contributed by atoms with Gasteiger partial charge in [0.05, 0.1) is 16.8 Å². The number of nitrogens with zero attached hydrogens (tertiary/aromatic N) is 3. The number of carbonyl (C=O) groups excluding carboxylic acids is 2. The summed E-state index contributed by atoms with van der Waals surface area (Å²) < 4.78 is 7.35. The van der Waals surface area contributed by atoms with Crippen LogP contribution in [-0.4, -0.2) is 45.1 Å². The van der Waals surface area contributed by atoms with E-state index >= 15 is 0 Å². The lowest BCUT2D eigenvalue weighted by atomic mass is 9.81. The lowest BCUT2D eigenvalue weighted by molar-refractivity contribution is -0.142. The lowest BCUT2D eigenvalue weighted by Gasteiger charge is -2.30. The van der Waals surface area contributed by atoms with Gasteiger partial charge in [-0.1, -0.05) is 0 Å². The number of esters is 1. The lowest BCUT2D eigenvalue weighted by Crippen LogP contribution is -2.42. The van der Waals surface area contributed by atoms with E-state index in [1.807, 2.05) is 6.07 Å². The number of carbonyl (C=O) groups is 2. The van der Waals surface area contributed by atoms with Crippen molar-refractivity contribution in [1.29, 1.82) is 0 Å². The van der Waals surface area contributed by atoms with E-state index in [0.717, 1.165) is 31.5 Å². The Bertz CT molecular complexity index is 940. The molecule has 0 spiro atoms. The van der Waals surface area contributed by atoms with Gasteiger partial charge >= 0.3 is 13.1 Å². The smallest absolute Gasteiger partial charge is 0.461 e. The third kappa shape index (κ3) is 3.20. The van der Waals surface area contributed by atoms with Crippen molar-refractivity contribution in [1.82, 2.24) is 9.55 Å². The molecule has 1 amide bonds. The summed E-state index contributed by atoms with van der Waals surface area (Å²) in [6.45, 7) is 2.50. The second-order valence-electron chi connectivity index (χ2n) is 7.16. The van der Waals surface area contributed by atoms with Crippen molar-refractivity contribution in [2.45, 2.75) is 45.8 Å².